The molecule has 0 aromatic heterocycles. The molecule has 2 heteroatoms. The Morgan fingerprint density at radius 2 is 1.88 bits per heavy atom. The van der Waals surface area contributed by atoms with Crippen LogP contribution in [0.15, 0.2) is 12.2 Å². The van der Waals surface area contributed by atoms with Crippen LogP contribution in [0.2, 0.25) is 0 Å². The smallest absolute Gasteiger partial charge is 0.0515 e. The topological polar surface area (TPSA) is 40.5 Å². The number of hydrogen-bond acceptors (Lipinski definition) is 2. The molecule has 0 bridgehead atoms. The maximum Gasteiger partial charge on any atom is 0.0515 e. The molecule has 0 heterocycles. The summed E-state index contributed by atoms with van der Waals surface area (Å²) in [6.07, 6.45) is 3.59. The molecule has 0 rings (SSSR count). The summed E-state index contributed by atoms with van der Waals surface area (Å²) >= 11 is 0. The van der Waals surface area contributed by atoms with Crippen molar-refractivity contribution >= 4 is 0 Å². The Balaban J connectivity index is 3.36. The van der Waals surface area contributed by atoms with Crippen LogP contribution >= 0.6 is 0 Å². The van der Waals surface area contributed by atoms with Gasteiger partial charge in [0.1, 0.15) is 0 Å². The van der Waals surface area contributed by atoms with Crippen LogP contribution in [0, 0.1) is 5.92 Å². The van der Waals surface area contributed by atoms with Gasteiger partial charge in [-0.15, -0.1) is 0 Å². The van der Waals surface area contributed by atoms with E-state index in [1.807, 2.05) is 13.0 Å². The number of allylic oxidation sites excluding steroid dienone is 1. The lowest BCUT2D eigenvalue weighted by atomic mass is 10.2. The Kier molecular flexibility index (Phi) is 4.61. The number of hydrogen-bond donors (Lipinski definition) is 2. The highest BCUT2D eigenvalue weighted by atomic mass is 16.3. The zero-order valence-corrected chi connectivity index (χ0v) is 5.04. The Bertz CT molecular complexity index is 64.9. The molecular formula is C6H12O2. The maximum atomic E-state index is 8.45. The van der Waals surface area contributed by atoms with E-state index >= 15 is 0 Å². The molecule has 0 fully saturated rings. The molecule has 0 aliphatic carbocycles. The van der Waals surface area contributed by atoms with Crippen molar-refractivity contribution in [1.82, 2.24) is 0 Å². The number of rotatable bonds is 3. The van der Waals surface area contributed by atoms with Gasteiger partial charge in [0.25, 0.3) is 0 Å². The van der Waals surface area contributed by atoms with Crippen molar-refractivity contribution in [2.45, 2.75) is 6.92 Å². The van der Waals surface area contributed by atoms with Crippen molar-refractivity contribution in [3.8, 4) is 0 Å². The third-order valence-corrected chi connectivity index (χ3v) is 0.934. The summed E-state index contributed by atoms with van der Waals surface area (Å²) in [6, 6.07) is 0. The number of aliphatic hydroxyl groups is 2. The van der Waals surface area contributed by atoms with E-state index in [2.05, 4.69) is 0 Å². The van der Waals surface area contributed by atoms with Gasteiger partial charge in [0, 0.05) is 5.92 Å². The van der Waals surface area contributed by atoms with Crippen LogP contribution in [-0.2, 0) is 0 Å². The number of aliphatic hydroxyl groups excluding tert-OH is 2. The molecule has 2 nitrogen and oxygen atoms in total. The van der Waals surface area contributed by atoms with Gasteiger partial charge in [-0.3, -0.25) is 0 Å². The second kappa shape index (κ2) is 4.81. The van der Waals surface area contributed by atoms with Gasteiger partial charge in [-0.25, -0.2) is 0 Å². The van der Waals surface area contributed by atoms with Crippen LogP contribution in [-0.4, -0.2) is 23.4 Å². The van der Waals surface area contributed by atoms with Crippen molar-refractivity contribution in [3.63, 3.8) is 0 Å². The van der Waals surface area contributed by atoms with Crippen molar-refractivity contribution in [1.29, 1.82) is 0 Å². The molecule has 0 atom stereocenters. The maximum absolute atomic E-state index is 8.45. The molecule has 2 N–H and O–H groups in total. The van der Waals surface area contributed by atoms with E-state index in [0.717, 1.165) is 0 Å². The van der Waals surface area contributed by atoms with Crippen LogP contribution in [0.4, 0.5) is 0 Å². The summed E-state index contributed by atoms with van der Waals surface area (Å²) in [6.45, 7) is 1.92. The Morgan fingerprint density at radius 3 is 2.00 bits per heavy atom. The molecule has 8 heavy (non-hydrogen) atoms. The zero-order chi connectivity index (χ0) is 6.41. The fourth-order valence-corrected chi connectivity index (χ4v) is 0.452. The van der Waals surface area contributed by atoms with Crippen molar-refractivity contribution in [3.05, 3.63) is 12.2 Å². The fraction of sp³-hybridized carbons (Fsp3) is 0.667. The molecule has 0 saturated heterocycles. The van der Waals surface area contributed by atoms with Crippen LogP contribution in [0.25, 0.3) is 0 Å². The SMILES string of the molecule is C/C=C/C(CO)CO. The van der Waals surface area contributed by atoms with E-state index in [9.17, 15) is 0 Å². The van der Waals surface area contributed by atoms with Gasteiger partial charge >= 0.3 is 0 Å². The first-order valence-electron chi connectivity index (χ1n) is 2.69. The summed E-state index contributed by atoms with van der Waals surface area (Å²) in [5, 5.41) is 16.9. The largest absolute Gasteiger partial charge is 0.396 e. The Labute approximate surface area is 49.5 Å². The van der Waals surface area contributed by atoms with E-state index in [-0.39, 0.29) is 19.1 Å². The molecular weight excluding hydrogens is 104 g/mol. The molecule has 0 amide bonds. The van der Waals surface area contributed by atoms with Gasteiger partial charge in [0.2, 0.25) is 0 Å². The minimum absolute atomic E-state index is 0.0286. The molecule has 48 valence electrons. The lowest BCUT2D eigenvalue weighted by molar-refractivity contribution is 0.178. The molecule has 0 aromatic carbocycles. The molecule has 0 aliphatic rings. The van der Waals surface area contributed by atoms with Crippen LogP contribution in [0.3, 0.4) is 0 Å². The van der Waals surface area contributed by atoms with Gasteiger partial charge < -0.3 is 10.2 Å². The predicted octanol–water partition coefficient (Wildman–Crippen LogP) is 0.163. The van der Waals surface area contributed by atoms with Gasteiger partial charge in [-0.2, -0.15) is 0 Å². The highest BCUT2D eigenvalue weighted by Crippen LogP contribution is 1.93. The first-order valence-corrected chi connectivity index (χ1v) is 2.69. The molecule has 0 radical (unpaired) electrons. The van der Waals surface area contributed by atoms with E-state index in [1.54, 1.807) is 6.08 Å². The van der Waals surface area contributed by atoms with Gasteiger partial charge in [-0.1, -0.05) is 12.2 Å². The Hall–Kier alpha value is -0.340. The molecule has 0 unspecified atom stereocenters. The highest BCUT2D eigenvalue weighted by Gasteiger charge is 1.96. The zero-order valence-electron chi connectivity index (χ0n) is 5.04. The van der Waals surface area contributed by atoms with E-state index in [0.29, 0.717) is 0 Å². The Morgan fingerprint density at radius 1 is 1.38 bits per heavy atom. The molecule has 0 saturated carbocycles. The van der Waals surface area contributed by atoms with Crippen LogP contribution < -0.4 is 0 Å². The van der Waals surface area contributed by atoms with Crippen LogP contribution in [0.5, 0.6) is 0 Å². The van der Waals surface area contributed by atoms with Gasteiger partial charge in [0.05, 0.1) is 13.2 Å². The summed E-state index contributed by atoms with van der Waals surface area (Å²) in [5.41, 5.74) is 0. The summed E-state index contributed by atoms with van der Waals surface area (Å²) in [7, 11) is 0. The third-order valence-electron chi connectivity index (χ3n) is 0.934. The average Bonchev–Trinajstić information content (AvgIpc) is 1.83. The van der Waals surface area contributed by atoms with Crippen molar-refractivity contribution < 1.29 is 10.2 Å². The van der Waals surface area contributed by atoms with E-state index < -0.39 is 0 Å². The fourth-order valence-electron chi connectivity index (χ4n) is 0.452. The minimum Gasteiger partial charge on any atom is -0.396 e. The second-order valence-electron chi connectivity index (χ2n) is 1.65. The molecule has 0 spiro atoms. The average molecular weight is 116 g/mol. The van der Waals surface area contributed by atoms with Gasteiger partial charge in [-0.05, 0) is 6.92 Å². The van der Waals surface area contributed by atoms with Crippen LogP contribution in [0.1, 0.15) is 6.92 Å². The van der Waals surface area contributed by atoms with Crippen molar-refractivity contribution in [2.75, 3.05) is 13.2 Å². The highest BCUT2D eigenvalue weighted by molar-refractivity contribution is 4.84. The standard InChI is InChI=1S/C6H12O2/c1-2-3-6(4-7)5-8/h2-3,6-8H,4-5H2,1H3/b3-2+. The second-order valence-corrected chi connectivity index (χ2v) is 1.65. The lowest BCUT2D eigenvalue weighted by Gasteiger charge is -2.01. The van der Waals surface area contributed by atoms with E-state index in [4.69, 9.17) is 10.2 Å². The summed E-state index contributed by atoms with van der Waals surface area (Å²) in [5.74, 6) is -0.0694. The lowest BCUT2D eigenvalue weighted by Crippen LogP contribution is -2.06. The van der Waals surface area contributed by atoms with Crippen molar-refractivity contribution in [2.24, 2.45) is 5.92 Å². The minimum atomic E-state index is -0.0694. The summed E-state index contributed by atoms with van der Waals surface area (Å²) < 4.78 is 0. The quantitative estimate of drug-likeness (QED) is 0.516. The third kappa shape index (κ3) is 2.77. The monoisotopic (exact) mass is 116 g/mol. The molecule has 0 aromatic rings. The van der Waals surface area contributed by atoms with E-state index in [1.165, 1.54) is 0 Å². The normalized spacial score (nSPS) is 11.5. The predicted molar refractivity (Wildman–Crippen MR) is 32.5 cm³/mol. The first kappa shape index (κ1) is 7.66. The van der Waals surface area contributed by atoms with Gasteiger partial charge in [0.15, 0.2) is 0 Å². The summed E-state index contributed by atoms with van der Waals surface area (Å²) in [4.78, 5) is 0. The molecule has 0 aliphatic heterocycles. The first-order chi connectivity index (χ1) is 3.85.